The lowest BCUT2D eigenvalue weighted by Crippen LogP contribution is -2.30. The number of nitro benzene ring substituents is 1. The highest BCUT2D eigenvalue weighted by Crippen LogP contribution is 2.29. The molecule has 9 heteroatoms. The number of ether oxygens (including phenoxy) is 1. The summed E-state index contributed by atoms with van der Waals surface area (Å²) in [4.78, 5) is 22.7. The van der Waals surface area contributed by atoms with Gasteiger partial charge in [-0.25, -0.2) is 0 Å². The van der Waals surface area contributed by atoms with E-state index in [1.54, 1.807) is 18.2 Å². The Kier molecular flexibility index (Phi) is 6.79. The molecule has 0 aromatic heterocycles. The van der Waals surface area contributed by atoms with Gasteiger partial charge >= 0.3 is 0 Å². The minimum atomic E-state index is -0.582. The van der Waals surface area contributed by atoms with E-state index in [1.807, 2.05) is 6.92 Å². The molecule has 0 saturated heterocycles. The van der Waals surface area contributed by atoms with Crippen LogP contribution in [-0.2, 0) is 4.79 Å². The molecule has 26 heavy (non-hydrogen) atoms. The average Bonchev–Trinajstić information content (AvgIpc) is 2.59. The Morgan fingerprint density at radius 3 is 2.62 bits per heavy atom. The van der Waals surface area contributed by atoms with Gasteiger partial charge in [0.15, 0.2) is 0 Å². The number of rotatable bonds is 7. The van der Waals surface area contributed by atoms with Gasteiger partial charge in [-0.3, -0.25) is 14.9 Å². The Morgan fingerprint density at radius 1 is 1.27 bits per heavy atom. The van der Waals surface area contributed by atoms with Crippen LogP contribution in [0.25, 0.3) is 0 Å². The van der Waals surface area contributed by atoms with E-state index < -0.39 is 10.8 Å². The van der Waals surface area contributed by atoms with Crippen LogP contribution in [0.15, 0.2) is 36.4 Å². The van der Waals surface area contributed by atoms with Crippen LogP contribution in [0.3, 0.4) is 0 Å². The second-order valence-corrected chi connectivity index (χ2v) is 6.30. The number of anilines is 1. The Morgan fingerprint density at radius 2 is 2.00 bits per heavy atom. The smallest absolute Gasteiger partial charge is 0.296 e. The van der Waals surface area contributed by atoms with Crippen LogP contribution >= 0.6 is 23.2 Å². The molecule has 0 aliphatic heterocycles. The predicted octanol–water partition coefficient (Wildman–Crippen LogP) is 4.20. The van der Waals surface area contributed by atoms with Crippen LogP contribution in [0.1, 0.15) is 18.5 Å². The minimum absolute atomic E-state index is 0.0523. The summed E-state index contributed by atoms with van der Waals surface area (Å²) in [5.74, 6) is -0.0889. The molecule has 7 nitrogen and oxygen atoms in total. The summed E-state index contributed by atoms with van der Waals surface area (Å²) >= 11 is 12.0. The fraction of sp³-hybridized carbons (Fsp3) is 0.235. The zero-order valence-electron chi connectivity index (χ0n) is 14.1. The molecule has 0 unspecified atom stereocenters. The van der Waals surface area contributed by atoms with Crippen LogP contribution in [0.2, 0.25) is 10.0 Å². The summed E-state index contributed by atoms with van der Waals surface area (Å²) in [7, 11) is 1.41. The molecule has 0 saturated carbocycles. The van der Waals surface area contributed by atoms with Gasteiger partial charge in [0.05, 0.1) is 24.6 Å². The Bertz CT molecular complexity index is 830. The molecule has 0 aliphatic rings. The van der Waals surface area contributed by atoms with E-state index in [0.29, 0.717) is 15.8 Å². The first kappa shape index (κ1) is 20.0. The zero-order chi connectivity index (χ0) is 19.3. The maximum atomic E-state index is 12.1. The number of nitro groups is 1. The number of carbonyl (C=O) groups is 1. The van der Waals surface area contributed by atoms with Gasteiger partial charge in [-0.15, -0.1) is 0 Å². The zero-order valence-corrected chi connectivity index (χ0v) is 15.6. The second-order valence-electron chi connectivity index (χ2n) is 5.46. The topological polar surface area (TPSA) is 93.5 Å². The molecule has 138 valence electrons. The molecule has 0 bridgehead atoms. The largest absolute Gasteiger partial charge is 0.496 e. The molecule has 2 N–H and O–H groups in total. The number of carbonyl (C=O) groups excluding carboxylic acids is 1. The Hall–Kier alpha value is -2.35. The minimum Gasteiger partial charge on any atom is -0.496 e. The van der Waals surface area contributed by atoms with Crippen molar-refractivity contribution in [2.45, 2.75) is 13.0 Å². The van der Waals surface area contributed by atoms with E-state index in [4.69, 9.17) is 27.9 Å². The summed E-state index contributed by atoms with van der Waals surface area (Å²) in [5.41, 5.74) is 0.644. The first-order chi connectivity index (χ1) is 12.3. The van der Waals surface area contributed by atoms with Crippen molar-refractivity contribution in [3.63, 3.8) is 0 Å². The molecule has 0 heterocycles. The highest BCUT2D eigenvalue weighted by molar-refractivity contribution is 6.35. The van der Waals surface area contributed by atoms with E-state index in [-0.39, 0.29) is 24.0 Å². The third-order valence-corrected chi connectivity index (χ3v) is 4.24. The number of methoxy groups -OCH3 is 1. The molecule has 0 aliphatic carbocycles. The van der Waals surface area contributed by atoms with Crippen LogP contribution in [0, 0.1) is 10.1 Å². The van der Waals surface area contributed by atoms with Crippen LogP contribution in [0.5, 0.6) is 5.75 Å². The first-order valence-corrected chi connectivity index (χ1v) is 8.38. The predicted molar refractivity (Wildman–Crippen MR) is 101 cm³/mol. The number of nitrogens with one attached hydrogen (secondary N) is 2. The SMILES string of the molecule is COc1ccc(NC(=O)CN[C@@H](C)c2ccc(Cl)cc2Cl)c([N+](=O)[O-])c1. The van der Waals surface area contributed by atoms with E-state index in [9.17, 15) is 14.9 Å². The lowest BCUT2D eigenvalue weighted by Gasteiger charge is -2.16. The van der Waals surface area contributed by atoms with Crippen molar-refractivity contribution in [1.29, 1.82) is 0 Å². The summed E-state index contributed by atoms with van der Waals surface area (Å²) < 4.78 is 4.96. The standard InChI is InChI=1S/C17H17Cl2N3O4/c1-10(13-5-3-11(18)7-14(13)19)20-9-17(23)21-15-6-4-12(26-2)8-16(15)22(24)25/h3-8,10,20H,9H2,1-2H3,(H,21,23)/t10-/m0/s1. The molecular formula is C17H17Cl2N3O4. The summed E-state index contributed by atoms with van der Waals surface area (Å²) in [5, 5.41) is 17.7. The highest BCUT2D eigenvalue weighted by atomic mass is 35.5. The van der Waals surface area contributed by atoms with Gasteiger partial charge in [0, 0.05) is 16.1 Å². The van der Waals surface area contributed by atoms with Gasteiger partial charge in [-0.05, 0) is 36.8 Å². The maximum absolute atomic E-state index is 12.1. The van der Waals surface area contributed by atoms with Crippen LogP contribution in [0.4, 0.5) is 11.4 Å². The monoisotopic (exact) mass is 397 g/mol. The summed E-state index contributed by atoms with van der Waals surface area (Å²) in [6.45, 7) is 1.79. The van der Waals surface area contributed by atoms with Crippen molar-refractivity contribution in [3.8, 4) is 5.75 Å². The lowest BCUT2D eigenvalue weighted by atomic mass is 10.1. The quantitative estimate of drug-likeness (QED) is 0.539. The molecule has 1 atom stereocenters. The molecule has 2 aromatic carbocycles. The number of benzene rings is 2. The molecule has 2 rings (SSSR count). The number of hydrogen-bond acceptors (Lipinski definition) is 5. The van der Waals surface area contributed by atoms with Gasteiger partial charge in [0.2, 0.25) is 5.91 Å². The van der Waals surface area contributed by atoms with Gasteiger partial charge in [-0.1, -0.05) is 29.3 Å². The lowest BCUT2D eigenvalue weighted by molar-refractivity contribution is -0.384. The number of amides is 1. The number of halogens is 2. The molecule has 0 spiro atoms. The Balaban J connectivity index is 2.02. The Labute approximate surface area is 160 Å². The van der Waals surface area contributed by atoms with E-state index in [0.717, 1.165) is 5.56 Å². The third kappa shape index (κ3) is 5.08. The van der Waals surface area contributed by atoms with Crippen molar-refractivity contribution in [1.82, 2.24) is 5.32 Å². The molecule has 0 radical (unpaired) electrons. The first-order valence-electron chi connectivity index (χ1n) is 7.62. The van der Waals surface area contributed by atoms with E-state index in [1.165, 1.54) is 25.3 Å². The van der Waals surface area contributed by atoms with Crippen LogP contribution < -0.4 is 15.4 Å². The molecule has 2 aromatic rings. The second kappa shape index (κ2) is 8.84. The average molecular weight is 398 g/mol. The molecular weight excluding hydrogens is 381 g/mol. The number of hydrogen-bond donors (Lipinski definition) is 2. The van der Waals surface area contributed by atoms with Crippen molar-refractivity contribution in [2.24, 2.45) is 0 Å². The maximum Gasteiger partial charge on any atom is 0.296 e. The van der Waals surface area contributed by atoms with Crippen molar-refractivity contribution in [2.75, 3.05) is 19.0 Å². The van der Waals surface area contributed by atoms with Gasteiger partial charge in [-0.2, -0.15) is 0 Å². The number of nitrogens with zero attached hydrogens (tertiary/aromatic N) is 1. The summed E-state index contributed by atoms with van der Waals surface area (Å²) in [6.07, 6.45) is 0. The van der Waals surface area contributed by atoms with Gasteiger partial charge < -0.3 is 15.4 Å². The molecule has 0 fully saturated rings. The fourth-order valence-electron chi connectivity index (χ4n) is 2.30. The highest BCUT2D eigenvalue weighted by Gasteiger charge is 2.18. The molecule has 1 amide bonds. The van der Waals surface area contributed by atoms with Crippen molar-refractivity contribution in [3.05, 3.63) is 62.1 Å². The summed E-state index contributed by atoms with van der Waals surface area (Å²) in [6, 6.07) is 9.10. The fourth-order valence-corrected chi connectivity index (χ4v) is 2.87. The van der Waals surface area contributed by atoms with Crippen molar-refractivity contribution >= 4 is 40.5 Å². The normalized spacial score (nSPS) is 11.7. The third-order valence-electron chi connectivity index (χ3n) is 3.67. The van der Waals surface area contributed by atoms with Gasteiger partial charge in [0.1, 0.15) is 11.4 Å². The van der Waals surface area contributed by atoms with Crippen LogP contribution in [-0.4, -0.2) is 24.5 Å². The van der Waals surface area contributed by atoms with Crippen molar-refractivity contribution < 1.29 is 14.5 Å². The van der Waals surface area contributed by atoms with E-state index >= 15 is 0 Å². The van der Waals surface area contributed by atoms with Gasteiger partial charge in [0.25, 0.3) is 5.69 Å². The van der Waals surface area contributed by atoms with E-state index in [2.05, 4.69) is 10.6 Å².